The maximum atomic E-state index is 12.2. The molecular weight excluding hydrogens is 362 g/mol. The number of rotatable bonds is 5. The molecule has 0 aliphatic rings. The van der Waals surface area contributed by atoms with Gasteiger partial charge in [-0.2, -0.15) is 5.10 Å². The average Bonchev–Trinajstić information content (AvgIpc) is 3.22. The van der Waals surface area contributed by atoms with Crippen LogP contribution in [0.1, 0.15) is 33.7 Å². The summed E-state index contributed by atoms with van der Waals surface area (Å²) < 4.78 is 13.1. The van der Waals surface area contributed by atoms with Crippen molar-refractivity contribution >= 4 is 21.8 Å². The number of hydrogen-bond donors (Lipinski definition) is 1. The molecule has 0 saturated heterocycles. The van der Waals surface area contributed by atoms with Gasteiger partial charge in [-0.3, -0.25) is 9.48 Å². The van der Waals surface area contributed by atoms with Gasteiger partial charge in [0, 0.05) is 12.2 Å². The summed E-state index contributed by atoms with van der Waals surface area (Å²) in [5, 5.41) is 7.36. The Kier molecular flexibility index (Phi) is 4.38. The lowest BCUT2D eigenvalue weighted by atomic mass is 10.2. The second-order valence-corrected chi connectivity index (χ2v) is 6.00. The van der Waals surface area contributed by atoms with E-state index in [2.05, 4.69) is 26.3 Å². The van der Waals surface area contributed by atoms with Gasteiger partial charge in [-0.05, 0) is 60.1 Å². The Labute approximate surface area is 141 Å². The lowest BCUT2D eigenvalue weighted by Gasteiger charge is -2.17. The summed E-state index contributed by atoms with van der Waals surface area (Å²) >= 11 is 3.19. The first kappa shape index (κ1) is 15.6. The number of aromatic nitrogens is 2. The molecule has 0 saturated carbocycles. The Balaban J connectivity index is 1.80. The summed E-state index contributed by atoms with van der Waals surface area (Å²) in [6, 6.07) is 8.75. The van der Waals surface area contributed by atoms with Crippen LogP contribution in [0.15, 0.2) is 50.1 Å². The van der Waals surface area contributed by atoms with E-state index in [4.69, 9.17) is 8.83 Å². The van der Waals surface area contributed by atoms with Crippen LogP contribution in [0.2, 0.25) is 0 Å². The lowest BCUT2D eigenvalue weighted by molar-refractivity contribution is 0.0919. The zero-order valence-electron chi connectivity index (χ0n) is 12.7. The third-order valence-electron chi connectivity index (χ3n) is 3.46. The average molecular weight is 378 g/mol. The number of furan rings is 2. The molecule has 7 heteroatoms. The molecule has 1 atom stereocenters. The summed E-state index contributed by atoms with van der Waals surface area (Å²) in [5.74, 6) is 0.703. The highest BCUT2D eigenvalue weighted by Crippen LogP contribution is 2.21. The number of halogens is 1. The smallest absolute Gasteiger partial charge is 0.287 e. The molecule has 0 bridgehead atoms. The van der Waals surface area contributed by atoms with Crippen LogP contribution in [0, 0.1) is 13.8 Å². The molecule has 0 fully saturated rings. The van der Waals surface area contributed by atoms with E-state index in [1.54, 1.807) is 18.4 Å². The summed E-state index contributed by atoms with van der Waals surface area (Å²) in [4.78, 5) is 12.2. The van der Waals surface area contributed by atoms with Crippen LogP contribution in [0.3, 0.4) is 0 Å². The monoisotopic (exact) mass is 377 g/mol. The first-order valence-corrected chi connectivity index (χ1v) is 7.93. The third-order valence-corrected chi connectivity index (χ3v) is 3.89. The Bertz CT molecular complexity index is 805. The molecule has 3 heterocycles. The van der Waals surface area contributed by atoms with E-state index >= 15 is 0 Å². The first-order valence-electron chi connectivity index (χ1n) is 7.14. The van der Waals surface area contributed by atoms with Gasteiger partial charge >= 0.3 is 0 Å². The molecule has 6 nitrogen and oxygen atoms in total. The zero-order valence-corrected chi connectivity index (χ0v) is 14.3. The van der Waals surface area contributed by atoms with Gasteiger partial charge in [0.25, 0.3) is 5.91 Å². The van der Waals surface area contributed by atoms with Crippen molar-refractivity contribution in [2.45, 2.75) is 19.9 Å². The lowest BCUT2D eigenvalue weighted by Crippen LogP contribution is -2.31. The van der Waals surface area contributed by atoms with Gasteiger partial charge in [-0.1, -0.05) is 0 Å². The van der Waals surface area contributed by atoms with E-state index in [0.717, 1.165) is 17.1 Å². The van der Waals surface area contributed by atoms with Gasteiger partial charge in [-0.15, -0.1) is 0 Å². The highest BCUT2D eigenvalue weighted by atomic mass is 79.9. The van der Waals surface area contributed by atoms with Gasteiger partial charge < -0.3 is 14.2 Å². The van der Waals surface area contributed by atoms with Crippen molar-refractivity contribution in [1.82, 2.24) is 15.1 Å². The van der Waals surface area contributed by atoms with Crippen molar-refractivity contribution in [3.05, 3.63) is 64.2 Å². The van der Waals surface area contributed by atoms with Crippen LogP contribution in [0.25, 0.3) is 0 Å². The number of nitrogens with zero attached hydrogens (tertiary/aromatic N) is 2. The number of aryl methyl sites for hydroxylation is 2. The van der Waals surface area contributed by atoms with Gasteiger partial charge in [0.1, 0.15) is 11.8 Å². The highest BCUT2D eigenvalue weighted by Gasteiger charge is 2.21. The number of nitrogens with one attached hydrogen (secondary N) is 1. The number of amides is 1. The summed E-state index contributed by atoms with van der Waals surface area (Å²) in [6.07, 6.45) is 1.61. The largest absolute Gasteiger partial charge is 0.467 e. The standard InChI is InChI=1S/C16H16BrN3O3/c1-10-8-11(2)20(19-10)12(13-4-3-7-22-13)9-18-16(21)14-5-6-15(17)23-14/h3-8,12H,9H2,1-2H3,(H,18,21). The predicted octanol–water partition coefficient (Wildman–Crippen LogP) is 3.47. The topological polar surface area (TPSA) is 73.2 Å². The van der Waals surface area contributed by atoms with Crippen molar-refractivity contribution < 1.29 is 13.6 Å². The Hall–Kier alpha value is -2.28. The fourth-order valence-electron chi connectivity index (χ4n) is 2.46. The van der Waals surface area contributed by atoms with Crippen molar-refractivity contribution in [3.8, 4) is 0 Å². The zero-order chi connectivity index (χ0) is 16.4. The normalized spacial score (nSPS) is 12.3. The van der Waals surface area contributed by atoms with Crippen LogP contribution < -0.4 is 5.32 Å². The van der Waals surface area contributed by atoms with Crippen LogP contribution in [0.5, 0.6) is 0 Å². The van der Waals surface area contributed by atoms with E-state index in [0.29, 0.717) is 11.2 Å². The molecule has 1 unspecified atom stereocenters. The van der Waals surface area contributed by atoms with Crippen molar-refractivity contribution in [2.24, 2.45) is 0 Å². The van der Waals surface area contributed by atoms with E-state index in [1.165, 1.54) is 0 Å². The summed E-state index contributed by atoms with van der Waals surface area (Å²) in [6.45, 7) is 4.25. The Morgan fingerprint density at radius 1 is 1.39 bits per heavy atom. The Morgan fingerprint density at radius 2 is 2.22 bits per heavy atom. The van der Waals surface area contributed by atoms with Crippen LogP contribution >= 0.6 is 15.9 Å². The van der Waals surface area contributed by atoms with Gasteiger partial charge in [-0.25, -0.2) is 0 Å². The first-order chi connectivity index (χ1) is 11.0. The summed E-state index contributed by atoms with van der Waals surface area (Å²) in [5.41, 5.74) is 1.92. The minimum atomic E-state index is -0.284. The molecule has 1 amide bonds. The Morgan fingerprint density at radius 3 is 2.78 bits per heavy atom. The molecule has 0 radical (unpaired) electrons. The van der Waals surface area contributed by atoms with Crippen LogP contribution in [-0.2, 0) is 0 Å². The van der Waals surface area contributed by atoms with E-state index in [1.807, 2.05) is 36.7 Å². The molecule has 3 rings (SSSR count). The molecule has 3 aromatic rings. The molecule has 120 valence electrons. The molecule has 0 aliphatic heterocycles. The minimum absolute atomic E-state index is 0.221. The molecule has 0 aliphatic carbocycles. The molecule has 0 spiro atoms. The van der Waals surface area contributed by atoms with Crippen molar-refractivity contribution in [2.75, 3.05) is 6.54 Å². The third kappa shape index (κ3) is 3.39. The van der Waals surface area contributed by atoms with E-state index < -0.39 is 0 Å². The quantitative estimate of drug-likeness (QED) is 0.738. The predicted molar refractivity (Wildman–Crippen MR) is 87.3 cm³/mol. The minimum Gasteiger partial charge on any atom is -0.467 e. The van der Waals surface area contributed by atoms with Crippen LogP contribution in [0.4, 0.5) is 0 Å². The second kappa shape index (κ2) is 6.45. The SMILES string of the molecule is Cc1cc(C)n(C(CNC(=O)c2ccc(Br)o2)c2ccco2)n1. The summed E-state index contributed by atoms with van der Waals surface area (Å²) in [7, 11) is 0. The maximum Gasteiger partial charge on any atom is 0.287 e. The van der Waals surface area contributed by atoms with Crippen molar-refractivity contribution in [1.29, 1.82) is 0 Å². The molecule has 23 heavy (non-hydrogen) atoms. The number of carbonyl (C=O) groups is 1. The van der Waals surface area contributed by atoms with Gasteiger partial charge in [0.2, 0.25) is 0 Å². The van der Waals surface area contributed by atoms with Gasteiger partial charge in [0.15, 0.2) is 10.4 Å². The van der Waals surface area contributed by atoms with E-state index in [-0.39, 0.29) is 17.7 Å². The fraction of sp³-hybridized carbons (Fsp3) is 0.250. The molecule has 3 aromatic heterocycles. The number of carbonyl (C=O) groups excluding carboxylic acids is 1. The van der Waals surface area contributed by atoms with E-state index in [9.17, 15) is 4.79 Å². The van der Waals surface area contributed by atoms with Crippen LogP contribution in [-0.4, -0.2) is 22.2 Å². The highest BCUT2D eigenvalue weighted by molar-refractivity contribution is 9.10. The molecular formula is C16H16BrN3O3. The fourth-order valence-corrected chi connectivity index (χ4v) is 2.77. The molecule has 1 N–H and O–H groups in total. The van der Waals surface area contributed by atoms with Gasteiger partial charge in [0.05, 0.1) is 12.0 Å². The number of hydrogen-bond acceptors (Lipinski definition) is 4. The van der Waals surface area contributed by atoms with Crippen molar-refractivity contribution in [3.63, 3.8) is 0 Å². The second-order valence-electron chi connectivity index (χ2n) is 5.22. The molecule has 0 aromatic carbocycles. The maximum absolute atomic E-state index is 12.2.